The first kappa shape index (κ1) is 31.9. The highest BCUT2D eigenvalue weighted by Gasteiger charge is 2.19. The lowest BCUT2D eigenvalue weighted by molar-refractivity contribution is 0.0751. The van der Waals surface area contributed by atoms with Gasteiger partial charge in [0.15, 0.2) is 6.73 Å². The number of unbranched alkanes of at least 4 members (excludes halogenated alkanes) is 3. The molecule has 9 heteroatoms. The fraction of sp³-hybridized carbons (Fsp3) is 0.486. The van der Waals surface area contributed by atoms with Crippen molar-refractivity contribution in [2.45, 2.75) is 59.1 Å². The average Bonchev–Trinajstić information content (AvgIpc) is 3.54. The van der Waals surface area contributed by atoms with Gasteiger partial charge in [0, 0.05) is 67.2 Å². The summed E-state index contributed by atoms with van der Waals surface area (Å²) in [5.74, 6) is 0.715. The standard InChI is InChI=1S/C35H46N4O4S/c1-3-5-18-38(19-6-4-2)35(41)43-27-39-32-26-29(14-12-28(32)13-15-34(39)40)42-24-8-7-17-36-20-22-37(23-21-36)31-10-9-11-33-30(31)16-25-44-33/h9-16,25-26H,3-8,17-24,27H2,1-2H3. The summed E-state index contributed by atoms with van der Waals surface area (Å²) in [6.07, 6.45) is 5.52. The number of benzene rings is 2. The summed E-state index contributed by atoms with van der Waals surface area (Å²) in [6, 6.07) is 17.9. The third kappa shape index (κ3) is 8.12. The number of carbonyl (C=O) groups excluding carboxylic acids is 1. The van der Waals surface area contributed by atoms with E-state index < -0.39 is 0 Å². The minimum atomic E-state index is -0.371. The molecule has 0 saturated carbocycles. The SMILES string of the molecule is CCCCN(CCCC)C(=O)OCn1c(=O)ccc2ccc(OCCCCN3CCN(c4cccc5sccc45)CC3)cc21. The number of hydrogen-bond donors (Lipinski definition) is 0. The highest BCUT2D eigenvalue weighted by molar-refractivity contribution is 7.17. The number of amides is 1. The van der Waals surface area contributed by atoms with Crippen LogP contribution in [0.5, 0.6) is 5.75 Å². The van der Waals surface area contributed by atoms with Crippen LogP contribution in [0.1, 0.15) is 52.4 Å². The molecule has 1 amide bonds. The number of rotatable bonds is 15. The summed E-state index contributed by atoms with van der Waals surface area (Å²) in [5, 5.41) is 4.44. The van der Waals surface area contributed by atoms with Crippen molar-refractivity contribution in [3.8, 4) is 5.75 Å². The smallest absolute Gasteiger partial charge is 0.411 e. The number of thiophene rings is 1. The molecule has 0 aliphatic carbocycles. The molecular formula is C35H46N4O4S. The number of anilines is 1. The van der Waals surface area contributed by atoms with Crippen molar-refractivity contribution >= 4 is 44.1 Å². The van der Waals surface area contributed by atoms with E-state index in [9.17, 15) is 9.59 Å². The van der Waals surface area contributed by atoms with Gasteiger partial charge in [0.25, 0.3) is 5.56 Å². The zero-order chi connectivity index (χ0) is 30.7. The van der Waals surface area contributed by atoms with Crippen LogP contribution in [0.4, 0.5) is 10.5 Å². The lowest BCUT2D eigenvalue weighted by Crippen LogP contribution is -2.46. The molecule has 44 heavy (non-hydrogen) atoms. The van der Waals surface area contributed by atoms with Crippen LogP contribution in [-0.2, 0) is 11.5 Å². The van der Waals surface area contributed by atoms with Gasteiger partial charge in [-0.1, -0.05) is 32.8 Å². The molecule has 8 nitrogen and oxygen atoms in total. The fourth-order valence-electron chi connectivity index (χ4n) is 5.79. The van der Waals surface area contributed by atoms with Gasteiger partial charge in [0.05, 0.1) is 12.1 Å². The van der Waals surface area contributed by atoms with Crippen LogP contribution >= 0.6 is 11.3 Å². The Labute approximate surface area is 264 Å². The molecule has 2 aromatic carbocycles. The number of aromatic nitrogens is 1. The quantitative estimate of drug-likeness (QED) is 0.131. The van der Waals surface area contributed by atoms with Crippen molar-refractivity contribution in [3.63, 3.8) is 0 Å². The van der Waals surface area contributed by atoms with Crippen LogP contribution in [0.25, 0.3) is 21.0 Å². The second kappa shape index (κ2) is 16.0. The van der Waals surface area contributed by atoms with Crippen LogP contribution in [0.3, 0.4) is 0 Å². The van der Waals surface area contributed by atoms with E-state index in [2.05, 4.69) is 53.3 Å². The van der Waals surface area contributed by atoms with Crippen LogP contribution in [0.15, 0.2) is 64.8 Å². The first-order valence-electron chi connectivity index (χ1n) is 16.2. The first-order valence-corrected chi connectivity index (χ1v) is 17.1. The van der Waals surface area contributed by atoms with Gasteiger partial charge >= 0.3 is 6.09 Å². The zero-order valence-electron chi connectivity index (χ0n) is 26.2. The van der Waals surface area contributed by atoms with E-state index in [-0.39, 0.29) is 18.4 Å². The van der Waals surface area contributed by atoms with Crippen molar-refractivity contribution in [3.05, 3.63) is 70.3 Å². The van der Waals surface area contributed by atoms with E-state index in [0.29, 0.717) is 31.0 Å². The summed E-state index contributed by atoms with van der Waals surface area (Å²) in [6.45, 7) is 11.3. The van der Waals surface area contributed by atoms with Gasteiger partial charge < -0.3 is 19.3 Å². The monoisotopic (exact) mass is 618 g/mol. The van der Waals surface area contributed by atoms with Crippen LogP contribution in [-0.4, -0.2) is 72.9 Å². The number of pyridine rings is 1. The molecule has 1 fully saturated rings. The van der Waals surface area contributed by atoms with Gasteiger partial charge in [-0.25, -0.2) is 4.79 Å². The topological polar surface area (TPSA) is 67.2 Å². The number of ether oxygens (including phenoxy) is 2. The Hall–Kier alpha value is -3.56. The molecule has 5 rings (SSSR count). The third-order valence-electron chi connectivity index (χ3n) is 8.43. The normalized spacial score (nSPS) is 13.9. The molecule has 0 N–H and O–H groups in total. The molecule has 0 unspecified atom stereocenters. The average molecular weight is 619 g/mol. The van der Waals surface area contributed by atoms with Crippen molar-refractivity contribution in [1.82, 2.24) is 14.4 Å². The molecule has 1 aliphatic rings. The number of piperazine rings is 1. The van der Waals surface area contributed by atoms with Crippen molar-refractivity contribution in [2.24, 2.45) is 0 Å². The van der Waals surface area contributed by atoms with Gasteiger partial charge in [0.1, 0.15) is 5.75 Å². The molecule has 4 aromatic rings. The fourth-order valence-corrected chi connectivity index (χ4v) is 6.60. The predicted octanol–water partition coefficient (Wildman–Crippen LogP) is 7.19. The minimum absolute atomic E-state index is 0.122. The van der Waals surface area contributed by atoms with Crippen molar-refractivity contribution in [2.75, 3.05) is 57.3 Å². The molecule has 2 aromatic heterocycles. The second-order valence-electron chi connectivity index (χ2n) is 11.5. The van der Waals surface area contributed by atoms with Gasteiger partial charge in [-0.15, -0.1) is 11.3 Å². The number of hydrogen-bond acceptors (Lipinski definition) is 7. The third-order valence-corrected chi connectivity index (χ3v) is 9.31. The van der Waals surface area contributed by atoms with Crippen LogP contribution < -0.4 is 15.2 Å². The van der Waals surface area contributed by atoms with E-state index in [0.717, 1.165) is 76.6 Å². The molecule has 236 valence electrons. The lowest BCUT2D eigenvalue weighted by atomic mass is 10.2. The Morgan fingerprint density at radius 1 is 0.909 bits per heavy atom. The Bertz CT molecular complexity index is 1550. The van der Waals surface area contributed by atoms with E-state index in [4.69, 9.17) is 9.47 Å². The second-order valence-corrected chi connectivity index (χ2v) is 12.5. The molecule has 0 spiro atoms. The summed E-state index contributed by atoms with van der Waals surface area (Å²) in [4.78, 5) is 32.4. The van der Waals surface area contributed by atoms with Crippen LogP contribution in [0, 0.1) is 0 Å². The van der Waals surface area contributed by atoms with E-state index in [1.807, 2.05) is 18.2 Å². The molecule has 0 bridgehead atoms. The van der Waals surface area contributed by atoms with Gasteiger partial charge in [-0.05, 0) is 79.4 Å². The largest absolute Gasteiger partial charge is 0.494 e. The molecule has 0 atom stereocenters. The maximum atomic E-state index is 12.8. The summed E-state index contributed by atoms with van der Waals surface area (Å²) in [5.41, 5.74) is 1.85. The number of nitrogens with zero attached hydrogens (tertiary/aromatic N) is 4. The lowest BCUT2D eigenvalue weighted by Gasteiger charge is -2.36. The van der Waals surface area contributed by atoms with Gasteiger partial charge in [0.2, 0.25) is 0 Å². The highest BCUT2D eigenvalue weighted by Crippen LogP contribution is 2.31. The van der Waals surface area contributed by atoms with E-state index >= 15 is 0 Å². The Balaban J connectivity index is 1.09. The number of fused-ring (bicyclic) bond motifs is 2. The molecule has 1 aliphatic heterocycles. The molecule has 0 radical (unpaired) electrons. The molecule has 3 heterocycles. The molecular weight excluding hydrogens is 572 g/mol. The van der Waals surface area contributed by atoms with E-state index in [1.54, 1.807) is 22.3 Å². The summed E-state index contributed by atoms with van der Waals surface area (Å²) < 4.78 is 14.6. The Morgan fingerprint density at radius 2 is 1.68 bits per heavy atom. The molecule has 1 saturated heterocycles. The van der Waals surface area contributed by atoms with Crippen molar-refractivity contribution in [1.29, 1.82) is 0 Å². The van der Waals surface area contributed by atoms with Gasteiger partial charge in [-0.2, -0.15) is 0 Å². The Kier molecular flexibility index (Phi) is 11.5. The first-order chi connectivity index (χ1) is 21.6. The predicted molar refractivity (Wildman–Crippen MR) is 181 cm³/mol. The zero-order valence-corrected chi connectivity index (χ0v) is 27.0. The van der Waals surface area contributed by atoms with Crippen LogP contribution in [0.2, 0.25) is 0 Å². The minimum Gasteiger partial charge on any atom is -0.494 e. The summed E-state index contributed by atoms with van der Waals surface area (Å²) in [7, 11) is 0. The van der Waals surface area contributed by atoms with Crippen molar-refractivity contribution < 1.29 is 14.3 Å². The maximum Gasteiger partial charge on any atom is 0.411 e. The summed E-state index contributed by atoms with van der Waals surface area (Å²) >= 11 is 1.81. The number of carbonyl (C=O) groups is 1. The Morgan fingerprint density at radius 3 is 2.45 bits per heavy atom. The highest BCUT2D eigenvalue weighted by atomic mass is 32.1. The maximum absolute atomic E-state index is 12.8. The van der Waals surface area contributed by atoms with Gasteiger partial charge in [-0.3, -0.25) is 14.3 Å². The van der Waals surface area contributed by atoms with E-state index in [1.165, 1.54) is 26.4 Å².